The lowest BCUT2D eigenvalue weighted by Gasteiger charge is -2.33. The monoisotopic (exact) mass is 778 g/mol. The number of nitrogens with one attached hydrogen (secondary N) is 3. The highest BCUT2D eigenvalue weighted by atomic mass is 16.5. The third-order valence-corrected chi connectivity index (χ3v) is 11.1. The molecule has 4 atom stereocenters. The number of hydrogen-bond acceptors (Lipinski definition) is 8. The predicted octanol–water partition coefficient (Wildman–Crippen LogP) is 7.24. The fraction of sp³-hybridized carbons (Fsp3) is 0.429. The summed E-state index contributed by atoms with van der Waals surface area (Å²) in [7, 11) is 2.72. The number of fused-ring (bicyclic) bond motifs is 2. The number of para-hydroxylation sites is 1. The van der Waals surface area contributed by atoms with Crippen molar-refractivity contribution < 1.29 is 33.8 Å². The summed E-state index contributed by atoms with van der Waals surface area (Å²) in [4.78, 5) is 72.4. The first-order valence-corrected chi connectivity index (χ1v) is 19.5. The summed E-state index contributed by atoms with van der Waals surface area (Å²) in [6.45, 7) is 8.60. The second-order valence-electron chi connectivity index (χ2n) is 15.6. The Morgan fingerprint density at radius 1 is 0.825 bits per heavy atom. The van der Waals surface area contributed by atoms with Crippen molar-refractivity contribution in [3.8, 4) is 22.6 Å². The Bertz CT molecular complexity index is 2280. The van der Waals surface area contributed by atoms with E-state index in [1.54, 1.807) is 9.80 Å². The molecule has 15 heteroatoms. The average Bonchev–Trinajstić information content (AvgIpc) is 4.02. The molecule has 0 bridgehead atoms. The maximum absolute atomic E-state index is 13.7. The van der Waals surface area contributed by atoms with Gasteiger partial charge in [0.05, 0.1) is 35.7 Å². The molecule has 7 rings (SSSR count). The predicted molar refractivity (Wildman–Crippen MR) is 214 cm³/mol. The van der Waals surface area contributed by atoms with Crippen molar-refractivity contribution in [1.82, 2.24) is 40.0 Å². The summed E-state index contributed by atoms with van der Waals surface area (Å²) < 4.78 is 11.1. The van der Waals surface area contributed by atoms with Gasteiger partial charge in [0.1, 0.15) is 35.0 Å². The zero-order valence-corrected chi connectivity index (χ0v) is 33.1. The number of carbonyl (C=O) groups is 4. The fourth-order valence-corrected chi connectivity index (χ4v) is 8.16. The number of nitrogens with zero attached hydrogens (tertiary/aromatic N) is 5. The molecule has 3 aromatic carbocycles. The van der Waals surface area contributed by atoms with Crippen LogP contribution < -0.4 is 10.1 Å². The molecular formula is C42H50N8O7. The van der Waals surface area contributed by atoms with Crippen molar-refractivity contribution in [2.75, 3.05) is 27.2 Å². The zero-order valence-electron chi connectivity index (χ0n) is 33.1. The van der Waals surface area contributed by atoms with Gasteiger partial charge in [-0.3, -0.25) is 14.5 Å². The van der Waals surface area contributed by atoms with Crippen LogP contribution in [0.5, 0.6) is 11.5 Å². The van der Waals surface area contributed by atoms with E-state index in [0.29, 0.717) is 48.2 Å². The van der Waals surface area contributed by atoms with E-state index < -0.39 is 24.3 Å². The van der Waals surface area contributed by atoms with Gasteiger partial charge in [0.2, 0.25) is 11.8 Å². The van der Waals surface area contributed by atoms with Crippen molar-refractivity contribution in [2.24, 2.45) is 11.8 Å². The van der Waals surface area contributed by atoms with Crippen LogP contribution in [-0.4, -0.2) is 103 Å². The summed E-state index contributed by atoms with van der Waals surface area (Å²) in [6.07, 6.45) is 1.32. The van der Waals surface area contributed by atoms with Crippen molar-refractivity contribution in [1.29, 1.82) is 0 Å². The van der Waals surface area contributed by atoms with Crippen LogP contribution in [0.2, 0.25) is 0 Å². The summed E-state index contributed by atoms with van der Waals surface area (Å²) >= 11 is 0. The molecule has 300 valence electrons. The Balaban J connectivity index is 1.06. The lowest BCUT2D eigenvalue weighted by Crippen LogP contribution is -2.51. The largest absolute Gasteiger partial charge is 0.465 e. The molecule has 0 aliphatic carbocycles. The van der Waals surface area contributed by atoms with Crippen molar-refractivity contribution in [2.45, 2.75) is 77.5 Å². The number of benzene rings is 3. The second-order valence-corrected chi connectivity index (χ2v) is 15.6. The minimum atomic E-state index is -1.14. The molecule has 1 unspecified atom stereocenters. The standard InChI is InChI=1S/C42H50N8O7/c1-23(2)34(47-41(53)56-6)39(51)49-20-8-11-31(49)37-43-28-19-16-26(22-30(28)45-37)25-14-17-27(18-15-25)57-33-13-7-10-29-35(33)46-38(44-29)32-12-9-21-50(32)40(52)36(24(3)4)48(5)42(54)55/h7,10,13-19,22-24,31-32,34,36H,8-9,11-12,20-21H2,1-6H3,(H,43,45)(H,44,46)(H,47,53)(H,54,55)/t31?,32-,34-,36-/m0/s1. The number of likely N-dealkylation sites (tertiary alicyclic amines) is 2. The average molecular weight is 779 g/mol. The lowest BCUT2D eigenvalue weighted by atomic mass is 10.0. The van der Waals surface area contributed by atoms with Crippen LogP contribution in [0, 0.1) is 11.8 Å². The first kappa shape index (κ1) is 39.1. The van der Waals surface area contributed by atoms with Crippen LogP contribution >= 0.6 is 0 Å². The summed E-state index contributed by atoms with van der Waals surface area (Å²) in [5.74, 6) is 1.85. The van der Waals surface area contributed by atoms with Crippen LogP contribution in [0.1, 0.15) is 77.1 Å². The molecule has 2 fully saturated rings. The number of methoxy groups -OCH3 is 1. The molecular weight excluding hydrogens is 729 g/mol. The van der Waals surface area contributed by atoms with Gasteiger partial charge in [0.15, 0.2) is 5.75 Å². The van der Waals surface area contributed by atoms with Crippen LogP contribution in [0.25, 0.3) is 33.2 Å². The number of H-pyrrole nitrogens is 2. The van der Waals surface area contributed by atoms with Crippen LogP contribution in [0.15, 0.2) is 60.7 Å². The van der Waals surface area contributed by atoms with E-state index in [1.807, 2.05) is 88.4 Å². The van der Waals surface area contributed by atoms with E-state index in [1.165, 1.54) is 14.2 Å². The van der Waals surface area contributed by atoms with Crippen LogP contribution in [-0.2, 0) is 14.3 Å². The van der Waals surface area contributed by atoms with Crippen LogP contribution in [0.3, 0.4) is 0 Å². The number of aromatic nitrogens is 4. The molecule has 2 saturated heterocycles. The smallest absolute Gasteiger partial charge is 0.407 e. The van der Waals surface area contributed by atoms with Crippen molar-refractivity contribution in [3.05, 3.63) is 72.3 Å². The quantitative estimate of drug-likeness (QED) is 0.107. The molecule has 57 heavy (non-hydrogen) atoms. The Hall–Kier alpha value is -6.12. The molecule has 0 spiro atoms. The molecule has 0 saturated carbocycles. The number of amides is 4. The second kappa shape index (κ2) is 16.2. The molecule has 4 amide bonds. The number of likely N-dealkylation sites (N-methyl/N-ethyl adjacent to an activating group) is 1. The fourth-order valence-electron chi connectivity index (χ4n) is 8.16. The number of aromatic amines is 2. The van der Waals surface area contributed by atoms with E-state index in [9.17, 15) is 24.3 Å². The SMILES string of the molecule is COC(=O)N[C@H](C(=O)N1CCCC1c1nc2cc(-c3ccc(Oc4cccc5[nH]c([C@@H]6CCCN6C(=O)[C@H](C(C)C)N(C)C(=O)O)nc45)cc3)ccc2[nH]1)C(C)C. The molecule has 2 aliphatic heterocycles. The normalized spacial score (nSPS) is 18.0. The summed E-state index contributed by atoms with van der Waals surface area (Å²) in [5, 5.41) is 12.3. The van der Waals surface area contributed by atoms with Gasteiger partial charge in [-0.25, -0.2) is 19.6 Å². The maximum atomic E-state index is 13.7. The van der Waals surface area contributed by atoms with E-state index >= 15 is 0 Å². The summed E-state index contributed by atoms with van der Waals surface area (Å²) in [6, 6.07) is 17.4. The van der Waals surface area contributed by atoms with E-state index in [-0.39, 0.29) is 35.7 Å². The third kappa shape index (κ3) is 7.83. The first-order chi connectivity index (χ1) is 27.3. The number of rotatable bonds is 11. The molecule has 15 nitrogen and oxygen atoms in total. The van der Waals surface area contributed by atoms with Crippen molar-refractivity contribution >= 4 is 46.1 Å². The highest BCUT2D eigenvalue weighted by Crippen LogP contribution is 2.37. The van der Waals surface area contributed by atoms with Gasteiger partial charge in [0.25, 0.3) is 0 Å². The molecule has 4 N–H and O–H groups in total. The zero-order chi connectivity index (χ0) is 40.5. The van der Waals surface area contributed by atoms with Gasteiger partial charge in [-0.05, 0) is 85.0 Å². The highest BCUT2D eigenvalue weighted by molar-refractivity contribution is 5.88. The lowest BCUT2D eigenvalue weighted by molar-refractivity contribution is -0.138. The maximum Gasteiger partial charge on any atom is 0.407 e. The number of hydrogen-bond donors (Lipinski definition) is 4. The molecule has 5 aromatic rings. The number of imidazole rings is 2. The first-order valence-electron chi connectivity index (χ1n) is 19.5. The molecule has 4 heterocycles. The molecule has 0 radical (unpaired) electrons. The number of carboxylic acid groups (broad SMARTS) is 1. The Morgan fingerprint density at radius 2 is 1.46 bits per heavy atom. The van der Waals surface area contributed by atoms with Gasteiger partial charge in [-0.15, -0.1) is 0 Å². The Labute approximate surface area is 330 Å². The van der Waals surface area contributed by atoms with Crippen molar-refractivity contribution in [3.63, 3.8) is 0 Å². The molecule has 2 aliphatic rings. The topological polar surface area (TPSA) is 186 Å². The number of carbonyl (C=O) groups excluding carboxylic acids is 3. The highest BCUT2D eigenvalue weighted by Gasteiger charge is 2.40. The number of ether oxygens (including phenoxy) is 2. The number of alkyl carbamates (subject to hydrolysis) is 1. The van der Waals surface area contributed by atoms with E-state index in [4.69, 9.17) is 19.4 Å². The van der Waals surface area contributed by atoms with Gasteiger partial charge in [-0.2, -0.15) is 0 Å². The van der Waals surface area contributed by atoms with Crippen LogP contribution in [0.4, 0.5) is 9.59 Å². The minimum Gasteiger partial charge on any atom is -0.465 e. The van der Waals surface area contributed by atoms with Gasteiger partial charge < -0.3 is 39.7 Å². The van der Waals surface area contributed by atoms with E-state index in [0.717, 1.165) is 51.8 Å². The Morgan fingerprint density at radius 3 is 2.09 bits per heavy atom. The minimum absolute atomic E-state index is 0.119. The van der Waals surface area contributed by atoms with E-state index in [2.05, 4.69) is 15.3 Å². The van der Waals surface area contributed by atoms with Gasteiger partial charge in [-0.1, -0.05) is 52.0 Å². The van der Waals surface area contributed by atoms with Gasteiger partial charge >= 0.3 is 12.2 Å². The van der Waals surface area contributed by atoms with Gasteiger partial charge in [0, 0.05) is 20.1 Å². The summed E-state index contributed by atoms with van der Waals surface area (Å²) in [5.41, 5.74) is 5.01. The third-order valence-electron chi connectivity index (χ3n) is 11.1. The Kier molecular flexibility index (Phi) is 11.1. The molecule has 2 aromatic heterocycles.